The van der Waals surface area contributed by atoms with Crippen LogP contribution in [0.3, 0.4) is 0 Å². The molecule has 0 aliphatic carbocycles. The zero-order chi connectivity index (χ0) is 15.4. The zero-order valence-corrected chi connectivity index (χ0v) is 14.5. The van der Waals surface area contributed by atoms with Crippen LogP contribution in [0, 0.1) is 18.8 Å². The molecule has 1 atom stereocenters. The molecule has 0 saturated heterocycles. The number of rotatable bonds is 4. The van der Waals surface area contributed by atoms with E-state index in [9.17, 15) is 8.42 Å². The maximum Gasteiger partial charge on any atom is 0.180 e. The molecule has 1 aromatic carbocycles. The first-order valence-corrected chi connectivity index (χ1v) is 8.74. The number of hydrogen-bond donors (Lipinski definition) is 0. The predicted octanol–water partition coefficient (Wildman–Crippen LogP) is 2.96. The van der Waals surface area contributed by atoms with Gasteiger partial charge in [0.25, 0.3) is 0 Å². The Labute approximate surface area is 129 Å². The highest BCUT2D eigenvalue weighted by atomic mass is 79.9. The Morgan fingerprint density at radius 1 is 1.30 bits per heavy atom. The Morgan fingerprint density at radius 3 is 2.35 bits per heavy atom. The molecule has 5 heteroatoms. The molecule has 0 aliphatic rings. The van der Waals surface area contributed by atoms with Gasteiger partial charge in [0.2, 0.25) is 0 Å². The SMILES string of the molecule is COC(C)(C)C#CC(Br)CS(=O)(=O)c1ccc(C)cc1. The van der Waals surface area contributed by atoms with E-state index in [1.165, 1.54) is 0 Å². The zero-order valence-electron chi connectivity index (χ0n) is 12.1. The normalized spacial score (nSPS) is 13.4. The van der Waals surface area contributed by atoms with Crippen molar-refractivity contribution in [2.75, 3.05) is 12.9 Å². The van der Waals surface area contributed by atoms with Crippen LogP contribution in [0.1, 0.15) is 19.4 Å². The summed E-state index contributed by atoms with van der Waals surface area (Å²) in [5.41, 5.74) is 0.445. The number of aryl methyl sites for hydroxylation is 1. The molecule has 0 aliphatic heterocycles. The van der Waals surface area contributed by atoms with E-state index in [4.69, 9.17) is 4.74 Å². The second-order valence-electron chi connectivity index (χ2n) is 5.05. The highest BCUT2D eigenvalue weighted by Crippen LogP contribution is 2.16. The van der Waals surface area contributed by atoms with Gasteiger partial charge in [-0.05, 0) is 32.9 Å². The molecule has 110 valence electrons. The van der Waals surface area contributed by atoms with Gasteiger partial charge in [-0.25, -0.2) is 8.42 Å². The minimum atomic E-state index is -3.34. The van der Waals surface area contributed by atoms with Gasteiger partial charge in [0.15, 0.2) is 9.84 Å². The van der Waals surface area contributed by atoms with Crippen molar-refractivity contribution in [1.29, 1.82) is 0 Å². The maximum atomic E-state index is 12.2. The molecule has 3 nitrogen and oxygen atoms in total. The van der Waals surface area contributed by atoms with Gasteiger partial charge in [0, 0.05) is 7.11 Å². The maximum absolute atomic E-state index is 12.2. The predicted molar refractivity (Wildman–Crippen MR) is 84.8 cm³/mol. The lowest BCUT2D eigenvalue weighted by Gasteiger charge is -2.14. The molecular weight excluding hydrogens is 340 g/mol. The first-order valence-electron chi connectivity index (χ1n) is 6.18. The molecule has 0 radical (unpaired) electrons. The molecule has 1 aromatic rings. The van der Waals surface area contributed by atoms with Gasteiger partial charge in [-0.3, -0.25) is 0 Å². The number of hydrogen-bond acceptors (Lipinski definition) is 3. The van der Waals surface area contributed by atoms with Crippen molar-refractivity contribution in [1.82, 2.24) is 0 Å². The van der Waals surface area contributed by atoms with E-state index in [1.54, 1.807) is 31.4 Å². The monoisotopic (exact) mass is 358 g/mol. The quantitative estimate of drug-likeness (QED) is 0.613. The van der Waals surface area contributed by atoms with Crippen molar-refractivity contribution in [2.45, 2.75) is 36.1 Å². The standard InChI is InChI=1S/C15H19BrO3S/c1-12-5-7-14(8-6-12)20(17,18)11-13(16)9-10-15(2,3)19-4/h5-8,13H,11H2,1-4H3. The molecule has 0 fully saturated rings. The Balaban J connectivity index is 2.84. The highest BCUT2D eigenvalue weighted by Gasteiger charge is 2.19. The van der Waals surface area contributed by atoms with Crippen LogP contribution in [-0.4, -0.2) is 31.7 Å². The Hall–Kier alpha value is -0.830. The van der Waals surface area contributed by atoms with Crippen molar-refractivity contribution < 1.29 is 13.2 Å². The lowest BCUT2D eigenvalue weighted by molar-refractivity contribution is 0.0741. The van der Waals surface area contributed by atoms with Crippen LogP contribution in [0.25, 0.3) is 0 Å². The van der Waals surface area contributed by atoms with Gasteiger partial charge in [0.05, 0.1) is 15.5 Å². The fraction of sp³-hybridized carbons (Fsp3) is 0.467. The van der Waals surface area contributed by atoms with E-state index < -0.39 is 20.3 Å². The molecule has 20 heavy (non-hydrogen) atoms. The summed E-state index contributed by atoms with van der Waals surface area (Å²) >= 11 is 3.30. The average Bonchev–Trinajstić information content (AvgIpc) is 2.36. The van der Waals surface area contributed by atoms with Crippen molar-refractivity contribution in [3.05, 3.63) is 29.8 Å². The summed E-state index contributed by atoms with van der Waals surface area (Å²) in [4.78, 5) is -0.108. The lowest BCUT2D eigenvalue weighted by atomic mass is 10.1. The van der Waals surface area contributed by atoms with E-state index in [0.29, 0.717) is 4.90 Å². The molecular formula is C15H19BrO3S. The smallest absolute Gasteiger partial charge is 0.180 e. The summed E-state index contributed by atoms with van der Waals surface area (Å²) in [5.74, 6) is 5.72. The van der Waals surface area contributed by atoms with Crippen LogP contribution in [0.5, 0.6) is 0 Å². The first kappa shape index (κ1) is 17.2. The molecule has 1 rings (SSSR count). The Kier molecular flexibility index (Phi) is 5.81. The largest absolute Gasteiger partial charge is 0.366 e. The lowest BCUT2D eigenvalue weighted by Crippen LogP contribution is -2.21. The van der Waals surface area contributed by atoms with Crippen LogP contribution in [0.15, 0.2) is 29.2 Å². The van der Waals surface area contributed by atoms with Gasteiger partial charge in [-0.15, -0.1) is 0 Å². The fourth-order valence-electron chi connectivity index (χ4n) is 1.38. The van der Waals surface area contributed by atoms with Gasteiger partial charge in [-0.1, -0.05) is 45.5 Å². The number of methoxy groups -OCH3 is 1. The van der Waals surface area contributed by atoms with Gasteiger partial charge in [0.1, 0.15) is 5.60 Å². The van der Waals surface area contributed by atoms with Gasteiger partial charge < -0.3 is 4.74 Å². The highest BCUT2D eigenvalue weighted by molar-refractivity contribution is 9.09. The molecule has 0 saturated carbocycles. The van der Waals surface area contributed by atoms with Crippen molar-refractivity contribution in [3.63, 3.8) is 0 Å². The summed E-state index contributed by atoms with van der Waals surface area (Å²) in [6, 6.07) is 6.82. The summed E-state index contributed by atoms with van der Waals surface area (Å²) in [7, 11) is -1.77. The van der Waals surface area contributed by atoms with E-state index in [2.05, 4.69) is 27.8 Å². The second-order valence-corrected chi connectivity index (χ2v) is 8.19. The molecule has 0 aromatic heterocycles. The summed E-state index contributed by atoms with van der Waals surface area (Å²) < 4.78 is 29.6. The number of ether oxygens (including phenoxy) is 1. The van der Waals surface area contributed by atoms with Crippen LogP contribution in [-0.2, 0) is 14.6 Å². The molecule has 0 spiro atoms. The summed E-state index contributed by atoms with van der Waals surface area (Å²) in [6.07, 6.45) is 0. The van der Waals surface area contributed by atoms with Crippen LogP contribution >= 0.6 is 15.9 Å². The molecule has 0 N–H and O–H groups in total. The van der Waals surface area contributed by atoms with E-state index >= 15 is 0 Å². The first-order chi connectivity index (χ1) is 9.16. The topological polar surface area (TPSA) is 43.4 Å². The number of halogens is 1. The summed E-state index contributed by atoms with van der Waals surface area (Å²) in [6.45, 7) is 5.57. The van der Waals surface area contributed by atoms with Crippen molar-refractivity contribution in [3.8, 4) is 11.8 Å². The van der Waals surface area contributed by atoms with E-state index in [1.807, 2.05) is 20.8 Å². The number of alkyl halides is 1. The average molecular weight is 359 g/mol. The van der Waals surface area contributed by atoms with Gasteiger partial charge in [-0.2, -0.15) is 0 Å². The minimum absolute atomic E-state index is 0.0666. The third kappa shape index (κ3) is 5.28. The Bertz CT molecular complexity index is 607. The third-order valence-corrected chi connectivity index (χ3v) is 5.53. The number of sulfone groups is 1. The molecule has 0 bridgehead atoms. The summed E-state index contributed by atoms with van der Waals surface area (Å²) in [5, 5.41) is 0. The van der Waals surface area contributed by atoms with Crippen LogP contribution in [0.2, 0.25) is 0 Å². The van der Waals surface area contributed by atoms with E-state index in [-0.39, 0.29) is 5.75 Å². The van der Waals surface area contributed by atoms with Crippen LogP contribution in [0.4, 0.5) is 0 Å². The fourth-order valence-corrected chi connectivity index (χ4v) is 3.75. The Morgan fingerprint density at radius 2 is 1.85 bits per heavy atom. The second kappa shape index (κ2) is 6.75. The molecule has 1 unspecified atom stereocenters. The van der Waals surface area contributed by atoms with Gasteiger partial charge >= 0.3 is 0 Å². The van der Waals surface area contributed by atoms with Crippen LogP contribution < -0.4 is 0 Å². The van der Waals surface area contributed by atoms with Crippen molar-refractivity contribution >= 4 is 25.8 Å². The van der Waals surface area contributed by atoms with Crippen molar-refractivity contribution in [2.24, 2.45) is 0 Å². The molecule has 0 heterocycles. The molecule has 0 amide bonds. The minimum Gasteiger partial charge on any atom is -0.366 e. The number of benzene rings is 1. The third-order valence-electron chi connectivity index (χ3n) is 2.79. The van der Waals surface area contributed by atoms with E-state index in [0.717, 1.165) is 5.56 Å².